The van der Waals surface area contributed by atoms with Gasteiger partial charge in [-0.1, -0.05) is 12.1 Å². The molecule has 1 aliphatic heterocycles. The van der Waals surface area contributed by atoms with Gasteiger partial charge in [0.2, 0.25) is 5.78 Å². The molecular formula is C17H15FN2O3. The third kappa shape index (κ3) is 2.79. The molecular weight excluding hydrogens is 299 g/mol. The molecule has 2 heterocycles. The van der Waals surface area contributed by atoms with Gasteiger partial charge in [0.05, 0.1) is 0 Å². The number of likely N-dealkylation sites (tertiary alicyclic amines) is 1. The number of ketones is 2. The Kier molecular flexibility index (Phi) is 3.82. The van der Waals surface area contributed by atoms with Crippen molar-refractivity contribution in [2.45, 2.75) is 6.42 Å². The van der Waals surface area contributed by atoms with Crippen LogP contribution in [0.1, 0.15) is 21.5 Å². The average Bonchev–Trinajstić information content (AvgIpc) is 3.09. The minimum atomic E-state index is -0.949. The molecule has 1 atom stereocenters. The van der Waals surface area contributed by atoms with Crippen molar-refractivity contribution >= 4 is 17.5 Å². The Balaban J connectivity index is 1.83. The number of Topliss-reactive ketones (excluding diaryl/α,β-unsaturated/α-hetero) is 2. The van der Waals surface area contributed by atoms with E-state index in [1.165, 1.54) is 30.3 Å². The van der Waals surface area contributed by atoms with Crippen molar-refractivity contribution in [3.8, 4) is 0 Å². The standard InChI is InChI=1S/C17H15FN2O3/c1-20-9-14(16(22)17(20)23)15(21)13-8-19-7-11(13)6-10-2-4-12(18)5-3-10/h2-5,7-8,14,19H,6,9H2,1H3. The molecule has 0 aliphatic carbocycles. The molecule has 1 fully saturated rings. The van der Waals surface area contributed by atoms with Crippen LogP contribution in [0, 0.1) is 11.7 Å². The average molecular weight is 314 g/mol. The summed E-state index contributed by atoms with van der Waals surface area (Å²) >= 11 is 0. The molecule has 1 N–H and O–H groups in total. The van der Waals surface area contributed by atoms with Gasteiger partial charge in [-0.3, -0.25) is 14.4 Å². The zero-order valence-electron chi connectivity index (χ0n) is 12.5. The summed E-state index contributed by atoms with van der Waals surface area (Å²) in [6.07, 6.45) is 3.66. The molecule has 1 aliphatic rings. The van der Waals surface area contributed by atoms with Crippen molar-refractivity contribution in [3.63, 3.8) is 0 Å². The first-order chi connectivity index (χ1) is 11.0. The van der Waals surface area contributed by atoms with Crippen LogP contribution in [0.25, 0.3) is 0 Å². The van der Waals surface area contributed by atoms with E-state index in [9.17, 15) is 18.8 Å². The number of aromatic amines is 1. The maximum Gasteiger partial charge on any atom is 0.290 e. The Labute approximate surface area is 132 Å². The van der Waals surface area contributed by atoms with Crippen LogP contribution in [0.4, 0.5) is 4.39 Å². The number of halogens is 1. The van der Waals surface area contributed by atoms with Crippen LogP contribution in [0.3, 0.4) is 0 Å². The van der Waals surface area contributed by atoms with E-state index in [1.54, 1.807) is 18.3 Å². The summed E-state index contributed by atoms with van der Waals surface area (Å²) in [6, 6.07) is 6.01. The lowest BCUT2D eigenvalue weighted by molar-refractivity contribution is -0.139. The van der Waals surface area contributed by atoms with Gasteiger partial charge in [0.1, 0.15) is 11.7 Å². The van der Waals surface area contributed by atoms with E-state index in [1.807, 2.05) is 0 Å². The highest BCUT2D eigenvalue weighted by molar-refractivity contribution is 6.43. The van der Waals surface area contributed by atoms with E-state index in [2.05, 4.69) is 4.98 Å². The molecule has 5 nitrogen and oxygen atoms in total. The number of hydrogen-bond acceptors (Lipinski definition) is 3. The maximum atomic E-state index is 13.0. The lowest BCUT2D eigenvalue weighted by Gasteiger charge is -2.09. The summed E-state index contributed by atoms with van der Waals surface area (Å²) in [5.41, 5.74) is 1.97. The molecule has 0 radical (unpaired) electrons. The van der Waals surface area contributed by atoms with Crippen LogP contribution in [-0.2, 0) is 16.0 Å². The molecule has 3 rings (SSSR count). The second-order valence-corrected chi connectivity index (χ2v) is 5.66. The molecule has 6 heteroatoms. The van der Waals surface area contributed by atoms with Gasteiger partial charge in [-0.2, -0.15) is 0 Å². The molecule has 2 aromatic rings. The minimum absolute atomic E-state index is 0.109. The summed E-state index contributed by atoms with van der Waals surface area (Å²) in [4.78, 5) is 40.2. The van der Waals surface area contributed by atoms with E-state index in [0.717, 1.165) is 11.1 Å². The minimum Gasteiger partial charge on any atom is -0.367 e. The zero-order valence-corrected chi connectivity index (χ0v) is 12.5. The number of rotatable bonds is 4. The maximum absolute atomic E-state index is 13.0. The van der Waals surface area contributed by atoms with E-state index >= 15 is 0 Å². The van der Waals surface area contributed by atoms with Crippen molar-refractivity contribution in [1.82, 2.24) is 9.88 Å². The fraction of sp³-hybridized carbons (Fsp3) is 0.235. The summed E-state index contributed by atoms with van der Waals surface area (Å²) in [5, 5.41) is 0. The van der Waals surface area contributed by atoms with Gasteiger partial charge in [0.15, 0.2) is 5.78 Å². The van der Waals surface area contributed by atoms with Gasteiger partial charge in [-0.05, 0) is 29.7 Å². The molecule has 1 aromatic heterocycles. The van der Waals surface area contributed by atoms with Gasteiger partial charge in [0, 0.05) is 31.5 Å². The SMILES string of the molecule is CN1CC(C(=O)c2c[nH]cc2Cc2ccc(F)cc2)C(=O)C1=O. The Bertz CT molecular complexity index is 779. The Hall–Kier alpha value is -2.76. The first-order valence-electron chi connectivity index (χ1n) is 7.21. The predicted molar refractivity (Wildman–Crippen MR) is 80.5 cm³/mol. The van der Waals surface area contributed by atoms with E-state index in [4.69, 9.17) is 0 Å². The summed E-state index contributed by atoms with van der Waals surface area (Å²) in [7, 11) is 1.50. The van der Waals surface area contributed by atoms with Gasteiger partial charge in [-0.15, -0.1) is 0 Å². The molecule has 1 amide bonds. The van der Waals surface area contributed by atoms with Crippen LogP contribution in [0.2, 0.25) is 0 Å². The van der Waals surface area contributed by atoms with Crippen LogP contribution in [-0.4, -0.2) is 40.9 Å². The van der Waals surface area contributed by atoms with Crippen molar-refractivity contribution < 1.29 is 18.8 Å². The smallest absolute Gasteiger partial charge is 0.290 e. The van der Waals surface area contributed by atoms with E-state index < -0.39 is 17.6 Å². The Morgan fingerprint density at radius 3 is 2.57 bits per heavy atom. The van der Waals surface area contributed by atoms with Crippen LogP contribution >= 0.6 is 0 Å². The molecule has 0 bridgehead atoms. The number of nitrogens with one attached hydrogen (secondary N) is 1. The number of H-pyrrole nitrogens is 1. The molecule has 1 saturated heterocycles. The molecule has 1 aromatic carbocycles. The van der Waals surface area contributed by atoms with Gasteiger partial charge >= 0.3 is 0 Å². The molecule has 1 unspecified atom stereocenters. The lowest BCUT2D eigenvalue weighted by atomic mass is 9.93. The first kappa shape index (κ1) is 15.1. The van der Waals surface area contributed by atoms with E-state index in [-0.39, 0.29) is 18.1 Å². The molecule has 23 heavy (non-hydrogen) atoms. The number of carbonyl (C=O) groups excluding carboxylic acids is 3. The highest BCUT2D eigenvalue weighted by Gasteiger charge is 2.42. The van der Waals surface area contributed by atoms with Crippen LogP contribution < -0.4 is 0 Å². The van der Waals surface area contributed by atoms with Crippen molar-refractivity contribution in [2.75, 3.05) is 13.6 Å². The number of hydrogen-bond donors (Lipinski definition) is 1. The second-order valence-electron chi connectivity index (χ2n) is 5.66. The molecule has 118 valence electrons. The third-order valence-electron chi connectivity index (χ3n) is 4.05. The van der Waals surface area contributed by atoms with Crippen molar-refractivity contribution in [2.24, 2.45) is 5.92 Å². The Morgan fingerprint density at radius 2 is 1.96 bits per heavy atom. The summed E-state index contributed by atoms with van der Waals surface area (Å²) in [5.74, 6) is -2.91. The van der Waals surface area contributed by atoms with Crippen molar-refractivity contribution in [1.29, 1.82) is 0 Å². The summed E-state index contributed by atoms with van der Waals surface area (Å²) in [6.45, 7) is 0.109. The monoisotopic (exact) mass is 314 g/mol. The van der Waals surface area contributed by atoms with Crippen LogP contribution in [0.5, 0.6) is 0 Å². The van der Waals surface area contributed by atoms with Gasteiger partial charge in [0.25, 0.3) is 5.91 Å². The molecule has 0 saturated carbocycles. The number of nitrogens with zero attached hydrogens (tertiary/aromatic N) is 1. The quantitative estimate of drug-likeness (QED) is 0.529. The van der Waals surface area contributed by atoms with Crippen molar-refractivity contribution in [3.05, 3.63) is 59.2 Å². The van der Waals surface area contributed by atoms with E-state index in [0.29, 0.717) is 12.0 Å². The fourth-order valence-electron chi connectivity index (χ4n) is 2.76. The number of likely N-dealkylation sites (N-methyl/N-ethyl adjacent to an activating group) is 1. The largest absolute Gasteiger partial charge is 0.367 e. The highest BCUT2D eigenvalue weighted by Crippen LogP contribution is 2.22. The topological polar surface area (TPSA) is 70.2 Å². The number of aromatic nitrogens is 1. The number of benzene rings is 1. The second kappa shape index (κ2) is 5.79. The lowest BCUT2D eigenvalue weighted by Crippen LogP contribution is -2.24. The molecule has 0 spiro atoms. The highest BCUT2D eigenvalue weighted by atomic mass is 19.1. The first-order valence-corrected chi connectivity index (χ1v) is 7.21. The summed E-state index contributed by atoms with van der Waals surface area (Å²) < 4.78 is 13.0. The number of amides is 1. The third-order valence-corrected chi connectivity index (χ3v) is 4.05. The predicted octanol–water partition coefficient (Wildman–Crippen LogP) is 1.58. The zero-order chi connectivity index (χ0) is 16.6. The van der Waals surface area contributed by atoms with Crippen LogP contribution in [0.15, 0.2) is 36.7 Å². The normalized spacial score (nSPS) is 17.8. The fourth-order valence-corrected chi connectivity index (χ4v) is 2.76. The number of carbonyl (C=O) groups is 3. The van der Waals surface area contributed by atoms with Gasteiger partial charge < -0.3 is 9.88 Å². The van der Waals surface area contributed by atoms with Gasteiger partial charge in [-0.25, -0.2) is 4.39 Å². The Morgan fingerprint density at radius 1 is 1.26 bits per heavy atom.